The molecule has 1 aliphatic heterocycles. The first kappa shape index (κ1) is 15.6. The third-order valence-electron chi connectivity index (χ3n) is 4.47. The lowest BCUT2D eigenvalue weighted by atomic mass is 9.70. The van der Waals surface area contributed by atoms with E-state index < -0.39 is 12.7 Å². The van der Waals surface area contributed by atoms with Crippen molar-refractivity contribution in [3.63, 3.8) is 0 Å². The van der Waals surface area contributed by atoms with E-state index in [-0.39, 0.29) is 11.2 Å². The molecule has 1 aromatic carbocycles. The molecular weight excluding hydrogens is 251 g/mol. The Hall–Kier alpha value is -0.835. The Bertz CT molecular complexity index is 499. The second-order valence-corrected chi connectivity index (χ2v) is 7.18. The van der Waals surface area contributed by atoms with Gasteiger partial charge in [0.15, 0.2) is 0 Å². The minimum Gasteiger partial charge on any atom is -0.399 e. The fraction of sp³-hybridized carbons (Fsp3) is 0.625. The molecule has 1 N–H and O–H groups in total. The monoisotopic (exact) mass is 276 g/mol. The summed E-state index contributed by atoms with van der Waals surface area (Å²) in [6.07, 6.45) is 0. The first-order valence-corrected chi connectivity index (χ1v) is 7.14. The second kappa shape index (κ2) is 4.59. The maximum atomic E-state index is 10.4. The van der Waals surface area contributed by atoms with Crippen LogP contribution >= 0.6 is 0 Å². The molecule has 0 unspecified atom stereocenters. The average Bonchev–Trinajstić information content (AvgIpc) is 2.46. The van der Waals surface area contributed by atoms with Gasteiger partial charge in [0.1, 0.15) is 0 Å². The highest BCUT2D eigenvalue weighted by molar-refractivity contribution is 6.63. The summed E-state index contributed by atoms with van der Waals surface area (Å²) in [4.78, 5) is 0. The number of hydrogen-bond donors (Lipinski definition) is 1. The summed E-state index contributed by atoms with van der Waals surface area (Å²) in [5, 5.41) is 10.4. The van der Waals surface area contributed by atoms with E-state index in [4.69, 9.17) is 9.31 Å². The first-order chi connectivity index (χ1) is 8.96. The topological polar surface area (TPSA) is 38.7 Å². The van der Waals surface area contributed by atoms with Crippen molar-refractivity contribution in [2.24, 2.45) is 0 Å². The lowest BCUT2D eigenvalue weighted by molar-refractivity contribution is 0.00578. The van der Waals surface area contributed by atoms with E-state index in [0.717, 1.165) is 16.6 Å². The summed E-state index contributed by atoms with van der Waals surface area (Å²) < 4.78 is 12.3. The van der Waals surface area contributed by atoms with Gasteiger partial charge in [-0.3, -0.25) is 0 Å². The Morgan fingerprint density at radius 1 is 1.05 bits per heavy atom. The van der Waals surface area contributed by atoms with Crippen LogP contribution in [0, 0.1) is 6.92 Å². The van der Waals surface area contributed by atoms with Crippen LogP contribution in [0.25, 0.3) is 0 Å². The van der Waals surface area contributed by atoms with Crippen molar-refractivity contribution in [2.75, 3.05) is 0 Å². The third-order valence-corrected chi connectivity index (χ3v) is 4.47. The molecule has 0 atom stereocenters. The molecule has 0 aromatic heterocycles. The maximum absolute atomic E-state index is 10.4. The largest absolute Gasteiger partial charge is 0.495 e. The van der Waals surface area contributed by atoms with Crippen molar-refractivity contribution in [2.45, 2.75) is 65.3 Å². The number of benzene rings is 1. The minimum absolute atomic E-state index is 0.378. The highest BCUT2D eigenvalue weighted by atomic mass is 16.7. The van der Waals surface area contributed by atoms with E-state index in [0.29, 0.717) is 0 Å². The standard InChI is InChI=1S/C16H25BO3/c1-11-9-8-10-12(14(2,3)18)13(11)17-19-15(4,5)16(6,7)20-17/h8-10,18H,1-7H3. The van der Waals surface area contributed by atoms with Gasteiger partial charge in [-0.15, -0.1) is 0 Å². The first-order valence-electron chi connectivity index (χ1n) is 7.14. The second-order valence-electron chi connectivity index (χ2n) is 7.18. The van der Waals surface area contributed by atoms with Gasteiger partial charge in [0.2, 0.25) is 0 Å². The molecule has 0 spiro atoms. The van der Waals surface area contributed by atoms with Gasteiger partial charge < -0.3 is 14.4 Å². The van der Waals surface area contributed by atoms with Gasteiger partial charge in [-0.1, -0.05) is 23.8 Å². The minimum atomic E-state index is -0.926. The van der Waals surface area contributed by atoms with Crippen LogP contribution in [-0.4, -0.2) is 23.4 Å². The van der Waals surface area contributed by atoms with Crippen molar-refractivity contribution >= 4 is 12.6 Å². The molecule has 2 rings (SSSR count). The zero-order valence-corrected chi connectivity index (χ0v) is 13.6. The van der Waals surface area contributed by atoms with Crippen molar-refractivity contribution in [1.29, 1.82) is 0 Å². The van der Waals surface area contributed by atoms with Crippen molar-refractivity contribution in [1.82, 2.24) is 0 Å². The van der Waals surface area contributed by atoms with E-state index in [9.17, 15) is 5.11 Å². The van der Waals surface area contributed by atoms with Crippen molar-refractivity contribution < 1.29 is 14.4 Å². The van der Waals surface area contributed by atoms with Gasteiger partial charge in [-0.25, -0.2) is 0 Å². The molecular formula is C16H25BO3. The van der Waals surface area contributed by atoms with E-state index in [1.54, 1.807) is 13.8 Å². The SMILES string of the molecule is Cc1cccc(C(C)(C)O)c1B1OC(C)(C)C(C)(C)O1. The summed E-state index contributed by atoms with van der Waals surface area (Å²) in [5.41, 5.74) is 1.19. The van der Waals surface area contributed by atoms with E-state index in [1.807, 2.05) is 52.8 Å². The van der Waals surface area contributed by atoms with Gasteiger partial charge in [0.25, 0.3) is 0 Å². The molecule has 1 fully saturated rings. The maximum Gasteiger partial charge on any atom is 0.495 e. The Labute approximate surface area is 122 Å². The predicted molar refractivity (Wildman–Crippen MR) is 82.1 cm³/mol. The van der Waals surface area contributed by atoms with Crippen molar-refractivity contribution in [3.05, 3.63) is 29.3 Å². The summed E-state index contributed by atoms with van der Waals surface area (Å²) in [6.45, 7) is 13.7. The van der Waals surface area contributed by atoms with E-state index in [1.165, 1.54) is 0 Å². The third kappa shape index (κ3) is 2.52. The van der Waals surface area contributed by atoms with Crippen LogP contribution in [0.2, 0.25) is 0 Å². The predicted octanol–water partition coefficient (Wildman–Crippen LogP) is 2.52. The smallest absolute Gasteiger partial charge is 0.399 e. The van der Waals surface area contributed by atoms with Gasteiger partial charge in [0.05, 0.1) is 16.8 Å². The Balaban J connectivity index is 2.50. The molecule has 1 aromatic rings. The number of hydrogen-bond acceptors (Lipinski definition) is 3. The lowest BCUT2D eigenvalue weighted by Crippen LogP contribution is -2.42. The number of rotatable bonds is 2. The van der Waals surface area contributed by atoms with Crippen LogP contribution < -0.4 is 5.46 Å². The molecule has 1 saturated heterocycles. The number of aliphatic hydroxyl groups is 1. The van der Waals surface area contributed by atoms with Crippen LogP contribution in [0.4, 0.5) is 0 Å². The lowest BCUT2D eigenvalue weighted by Gasteiger charge is -2.32. The molecule has 3 nitrogen and oxygen atoms in total. The van der Waals surface area contributed by atoms with Crippen LogP contribution in [0.5, 0.6) is 0 Å². The molecule has 0 radical (unpaired) electrons. The molecule has 1 heterocycles. The van der Waals surface area contributed by atoms with Gasteiger partial charge >= 0.3 is 7.12 Å². The highest BCUT2D eigenvalue weighted by Gasteiger charge is 2.53. The fourth-order valence-electron chi connectivity index (χ4n) is 2.49. The molecule has 0 aliphatic carbocycles. The van der Waals surface area contributed by atoms with E-state index in [2.05, 4.69) is 0 Å². The highest BCUT2D eigenvalue weighted by Crippen LogP contribution is 2.37. The van der Waals surface area contributed by atoms with Crippen LogP contribution in [0.3, 0.4) is 0 Å². The normalized spacial score (nSPS) is 21.3. The fourth-order valence-corrected chi connectivity index (χ4v) is 2.49. The van der Waals surface area contributed by atoms with Crippen molar-refractivity contribution in [3.8, 4) is 0 Å². The summed E-state index contributed by atoms with van der Waals surface area (Å²) in [5.74, 6) is 0. The summed E-state index contributed by atoms with van der Waals surface area (Å²) in [6, 6.07) is 5.92. The summed E-state index contributed by atoms with van der Waals surface area (Å²) in [7, 11) is -0.442. The Morgan fingerprint density at radius 3 is 2.00 bits per heavy atom. The summed E-state index contributed by atoms with van der Waals surface area (Å²) >= 11 is 0. The zero-order chi connectivity index (χ0) is 15.3. The van der Waals surface area contributed by atoms with Gasteiger partial charge in [-0.2, -0.15) is 0 Å². The molecule has 110 valence electrons. The molecule has 0 bridgehead atoms. The van der Waals surface area contributed by atoms with E-state index >= 15 is 0 Å². The average molecular weight is 276 g/mol. The number of aryl methyl sites for hydroxylation is 1. The molecule has 20 heavy (non-hydrogen) atoms. The van der Waals surface area contributed by atoms with Gasteiger partial charge in [-0.05, 0) is 59.5 Å². The molecule has 4 heteroatoms. The molecule has 0 amide bonds. The zero-order valence-electron chi connectivity index (χ0n) is 13.6. The van der Waals surface area contributed by atoms with Crippen LogP contribution in [-0.2, 0) is 14.9 Å². The Morgan fingerprint density at radius 2 is 1.55 bits per heavy atom. The Kier molecular flexibility index (Phi) is 3.57. The van der Waals surface area contributed by atoms with Crippen LogP contribution in [0.1, 0.15) is 52.7 Å². The van der Waals surface area contributed by atoms with Gasteiger partial charge in [0, 0.05) is 0 Å². The molecule has 1 aliphatic rings. The molecule has 0 saturated carbocycles. The van der Waals surface area contributed by atoms with Crippen LogP contribution in [0.15, 0.2) is 18.2 Å². The quantitative estimate of drug-likeness (QED) is 0.844.